The normalized spacial score (nSPS) is 16.4. The van der Waals surface area contributed by atoms with E-state index in [1.54, 1.807) is 30.3 Å². The number of sulfonamides is 1. The SMILES string of the molecule is CS(=O)(=O)N1NC(c2c(-c3ccccc3)c3cc(Cl)ccc3[nH]c2=O)=C[C@H]1c1ccccc1F. The minimum atomic E-state index is -3.83. The predicted octanol–water partition coefficient (Wildman–Crippen LogP) is 4.85. The summed E-state index contributed by atoms with van der Waals surface area (Å²) in [5.74, 6) is -0.553. The maximum absolute atomic E-state index is 14.6. The highest BCUT2D eigenvalue weighted by atomic mass is 35.5. The van der Waals surface area contributed by atoms with Crippen LogP contribution in [0.5, 0.6) is 0 Å². The maximum atomic E-state index is 14.6. The molecule has 2 heterocycles. The quantitative estimate of drug-likeness (QED) is 0.424. The molecule has 1 atom stereocenters. The Balaban J connectivity index is 1.81. The van der Waals surface area contributed by atoms with Gasteiger partial charge in [0.1, 0.15) is 5.82 Å². The number of hydrazine groups is 1. The van der Waals surface area contributed by atoms with E-state index >= 15 is 0 Å². The lowest BCUT2D eigenvalue weighted by Crippen LogP contribution is -2.39. The van der Waals surface area contributed by atoms with Crippen molar-refractivity contribution in [3.8, 4) is 11.1 Å². The van der Waals surface area contributed by atoms with Crippen LogP contribution in [0.3, 0.4) is 0 Å². The molecule has 5 rings (SSSR count). The van der Waals surface area contributed by atoms with Gasteiger partial charge >= 0.3 is 0 Å². The number of aromatic nitrogens is 1. The van der Waals surface area contributed by atoms with E-state index in [9.17, 15) is 17.6 Å². The summed E-state index contributed by atoms with van der Waals surface area (Å²) >= 11 is 6.28. The van der Waals surface area contributed by atoms with E-state index in [4.69, 9.17) is 11.6 Å². The highest BCUT2D eigenvalue weighted by Crippen LogP contribution is 2.38. The van der Waals surface area contributed by atoms with Crippen molar-refractivity contribution in [2.24, 2.45) is 0 Å². The van der Waals surface area contributed by atoms with Crippen LogP contribution >= 0.6 is 11.6 Å². The van der Waals surface area contributed by atoms with Crippen molar-refractivity contribution in [3.05, 3.63) is 111 Å². The molecule has 0 spiro atoms. The average molecular weight is 496 g/mol. The summed E-state index contributed by atoms with van der Waals surface area (Å²) in [6.07, 6.45) is 2.57. The second-order valence-corrected chi connectivity index (χ2v) is 10.3. The van der Waals surface area contributed by atoms with Crippen molar-refractivity contribution in [1.82, 2.24) is 14.8 Å². The zero-order chi connectivity index (χ0) is 24.0. The van der Waals surface area contributed by atoms with Crippen LogP contribution in [0.4, 0.5) is 4.39 Å². The number of fused-ring (bicyclic) bond motifs is 1. The van der Waals surface area contributed by atoms with Crippen molar-refractivity contribution < 1.29 is 12.8 Å². The van der Waals surface area contributed by atoms with Crippen LogP contribution in [0.2, 0.25) is 5.02 Å². The number of nitrogens with one attached hydrogen (secondary N) is 2. The average Bonchev–Trinajstić information content (AvgIpc) is 3.25. The molecule has 0 amide bonds. The fourth-order valence-electron chi connectivity index (χ4n) is 4.24. The summed E-state index contributed by atoms with van der Waals surface area (Å²) in [5, 5.41) is 1.18. The van der Waals surface area contributed by atoms with Gasteiger partial charge in [-0.1, -0.05) is 60.1 Å². The van der Waals surface area contributed by atoms with Gasteiger partial charge in [-0.3, -0.25) is 4.79 Å². The number of aromatic amines is 1. The summed E-state index contributed by atoms with van der Waals surface area (Å²) in [6, 6.07) is 19.4. The predicted molar refractivity (Wildman–Crippen MR) is 132 cm³/mol. The summed E-state index contributed by atoms with van der Waals surface area (Å²) in [7, 11) is -3.83. The number of halogens is 2. The number of hydrogen-bond acceptors (Lipinski definition) is 4. The molecule has 2 N–H and O–H groups in total. The highest BCUT2D eigenvalue weighted by molar-refractivity contribution is 7.88. The standard InChI is InChI=1S/C25H19ClFN3O3S/c1-34(32,33)30-22(17-9-5-6-10-19(17)27)14-21(29-30)24-23(15-7-3-2-4-8-15)18-13-16(26)11-12-20(18)28-25(24)31/h2-14,22,29H,1H3,(H,28,31)/t22-/m0/s1. The smallest absolute Gasteiger partial charge is 0.258 e. The first-order valence-corrected chi connectivity index (χ1v) is 12.6. The molecule has 0 aliphatic carbocycles. The van der Waals surface area contributed by atoms with E-state index in [0.29, 0.717) is 21.5 Å². The summed E-state index contributed by atoms with van der Waals surface area (Å²) in [6.45, 7) is 0. The molecule has 1 aliphatic heterocycles. The number of benzene rings is 3. The number of hydrogen-bond donors (Lipinski definition) is 2. The van der Waals surface area contributed by atoms with E-state index in [1.165, 1.54) is 18.2 Å². The Hall–Kier alpha value is -3.46. The van der Waals surface area contributed by atoms with E-state index in [-0.39, 0.29) is 16.8 Å². The molecule has 9 heteroatoms. The Morgan fingerprint density at radius 2 is 1.68 bits per heavy atom. The van der Waals surface area contributed by atoms with Gasteiger partial charge in [0.05, 0.1) is 23.6 Å². The summed E-state index contributed by atoms with van der Waals surface area (Å²) in [5.41, 5.74) is 4.98. The van der Waals surface area contributed by atoms with Gasteiger partial charge in [0, 0.05) is 27.1 Å². The third kappa shape index (κ3) is 3.90. The Labute approximate surface area is 200 Å². The number of pyridine rings is 1. The van der Waals surface area contributed by atoms with Crippen LogP contribution < -0.4 is 11.0 Å². The lowest BCUT2D eigenvalue weighted by atomic mass is 9.94. The maximum Gasteiger partial charge on any atom is 0.258 e. The Morgan fingerprint density at radius 1 is 0.971 bits per heavy atom. The van der Waals surface area contributed by atoms with E-state index in [1.807, 2.05) is 30.3 Å². The second kappa shape index (κ2) is 8.39. The largest absolute Gasteiger partial charge is 0.321 e. The van der Waals surface area contributed by atoms with Gasteiger partial charge in [-0.25, -0.2) is 12.8 Å². The zero-order valence-electron chi connectivity index (χ0n) is 17.9. The van der Waals surface area contributed by atoms with E-state index in [0.717, 1.165) is 16.2 Å². The first-order valence-electron chi connectivity index (χ1n) is 10.4. The molecule has 1 aliphatic rings. The van der Waals surface area contributed by atoms with Gasteiger partial charge in [-0.05, 0) is 35.9 Å². The molecule has 0 saturated carbocycles. The monoisotopic (exact) mass is 495 g/mol. The van der Waals surface area contributed by atoms with Gasteiger partial charge in [0.25, 0.3) is 5.56 Å². The van der Waals surface area contributed by atoms with Crippen molar-refractivity contribution in [1.29, 1.82) is 0 Å². The topological polar surface area (TPSA) is 82.3 Å². The Kier molecular flexibility index (Phi) is 5.51. The van der Waals surface area contributed by atoms with Crippen molar-refractivity contribution in [2.45, 2.75) is 6.04 Å². The lowest BCUT2D eigenvalue weighted by molar-refractivity contribution is 0.344. The van der Waals surface area contributed by atoms with Gasteiger partial charge in [0.2, 0.25) is 10.0 Å². The molecule has 6 nitrogen and oxygen atoms in total. The molecule has 1 aromatic heterocycles. The minimum Gasteiger partial charge on any atom is -0.321 e. The van der Waals surface area contributed by atoms with Crippen molar-refractivity contribution >= 4 is 38.2 Å². The fourth-order valence-corrected chi connectivity index (χ4v) is 5.26. The fraction of sp³-hybridized carbons (Fsp3) is 0.0800. The van der Waals surface area contributed by atoms with Crippen molar-refractivity contribution in [3.63, 3.8) is 0 Å². The molecule has 3 aromatic carbocycles. The van der Waals surface area contributed by atoms with Crippen LogP contribution in [0, 0.1) is 5.82 Å². The molecule has 0 fully saturated rings. The molecule has 34 heavy (non-hydrogen) atoms. The summed E-state index contributed by atoms with van der Waals surface area (Å²) in [4.78, 5) is 16.2. The highest BCUT2D eigenvalue weighted by Gasteiger charge is 2.36. The van der Waals surface area contributed by atoms with Gasteiger partial charge in [-0.2, -0.15) is 0 Å². The summed E-state index contributed by atoms with van der Waals surface area (Å²) < 4.78 is 40.8. The van der Waals surface area contributed by atoms with Crippen LogP contribution in [0.1, 0.15) is 17.2 Å². The molecule has 0 radical (unpaired) electrons. The lowest BCUT2D eigenvalue weighted by Gasteiger charge is -2.23. The zero-order valence-corrected chi connectivity index (χ0v) is 19.5. The molecule has 0 saturated heterocycles. The Bertz CT molecular complexity index is 1620. The third-order valence-electron chi connectivity index (χ3n) is 5.70. The van der Waals surface area contributed by atoms with Gasteiger partial charge < -0.3 is 10.4 Å². The van der Waals surface area contributed by atoms with Crippen LogP contribution in [0.25, 0.3) is 27.7 Å². The number of rotatable bonds is 4. The first kappa shape index (κ1) is 22.3. The molecule has 172 valence electrons. The molecule has 4 aromatic rings. The molecule has 0 unspecified atom stereocenters. The number of H-pyrrole nitrogens is 1. The third-order valence-corrected chi connectivity index (χ3v) is 6.97. The molecule has 0 bridgehead atoms. The van der Waals surface area contributed by atoms with Crippen LogP contribution in [-0.2, 0) is 10.0 Å². The second-order valence-electron chi connectivity index (χ2n) is 7.98. The van der Waals surface area contributed by atoms with Crippen molar-refractivity contribution in [2.75, 3.05) is 6.26 Å². The van der Waals surface area contributed by atoms with Crippen LogP contribution in [-0.4, -0.2) is 24.1 Å². The number of nitrogens with zero attached hydrogens (tertiary/aromatic N) is 1. The van der Waals surface area contributed by atoms with Gasteiger partial charge in [0.15, 0.2) is 0 Å². The molecular formula is C25H19ClFN3O3S. The van der Waals surface area contributed by atoms with Crippen LogP contribution in [0.15, 0.2) is 83.7 Å². The van der Waals surface area contributed by atoms with E-state index < -0.39 is 27.4 Å². The Morgan fingerprint density at radius 3 is 2.38 bits per heavy atom. The van der Waals surface area contributed by atoms with E-state index in [2.05, 4.69) is 10.4 Å². The first-order chi connectivity index (χ1) is 16.2. The minimum absolute atomic E-state index is 0.164. The van der Waals surface area contributed by atoms with Gasteiger partial charge in [-0.15, -0.1) is 4.41 Å². The molecular weight excluding hydrogens is 477 g/mol.